The van der Waals surface area contributed by atoms with Gasteiger partial charge in [-0.1, -0.05) is 12.1 Å². The quantitative estimate of drug-likeness (QED) is 0.672. The van der Waals surface area contributed by atoms with Crippen molar-refractivity contribution in [2.45, 2.75) is 19.1 Å². The number of aromatic nitrogens is 3. The molecule has 4 rings (SSSR count). The lowest BCUT2D eigenvalue weighted by Gasteiger charge is -2.34. The molecule has 2 amide bonds. The molecular weight excluding hydrogens is 396 g/mol. The number of rotatable bonds is 5. The number of benzene rings is 1. The van der Waals surface area contributed by atoms with Gasteiger partial charge in [0.1, 0.15) is 12.2 Å². The fourth-order valence-corrected chi connectivity index (χ4v) is 3.52. The van der Waals surface area contributed by atoms with Crippen LogP contribution in [0.2, 0.25) is 0 Å². The van der Waals surface area contributed by atoms with Crippen LogP contribution in [0.15, 0.2) is 42.7 Å². The molecule has 0 spiro atoms. The summed E-state index contributed by atoms with van der Waals surface area (Å²) >= 11 is 0. The summed E-state index contributed by atoms with van der Waals surface area (Å²) < 4.78 is 12.0. The topological polar surface area (TPSA) is 107 Å². The molecule has 1 fully saturated rings. The van der Waals surface area contributed by atoms with Crippen molar-refractivity contribution in [1.82, 2.24) is 19.9 Å². The monoisotopic (exact) mass is 422 g/mol. The van der Waals surface area contributed by atoms with Crippen molar-refractivity contribution < 1.29 is 14.3 Å². The molecule has 162 valence electrons. The second-order valence-electron chi connectivity index (χ2n) is 7.69. The summed E-state index contributed by atoms with van der Waals surface area (Å²) in [5.41, 5.74) is 9.48. The van der Waals surface area contributed by atoms with E-state index in [0.717, 1.165) is 16.9 Å². The molecule has 0 aliphatic carbocycles. The highest BCUT2D eigenvalue weighted by atomic mass is 16.5. The zero-order chi connectivity index (χ0) is 22.0. The van der Waals surface area contributed by atoms with Gasteiger partial charge in [-0.25, -0.2) is 14.8 Å². The third-order valence-corrected chi connectivity index (χ3v) is 5.33. The van der Waals surface area contributed by atoms with Crippen LogP contribution < -0.4 is 15.4 Å². The van der Waals surface area contributed by atoms with Crippen LogP contribution in [0.1, 0.15) is 6.92 Å². The smallest absolute Gasteiger partial charge is 0.314 e. The molecule has 2 atom stereocenters. The number of carbonyl (C=O) groups is 1. The van der Waals surface area contributed by atoms with Gasteiger partial charge in [-0.3, -0.25) is 4.98 Å². The lowest BCUT2D eigenvalue weighted by molar-refractivity contribution is -0.0640. The molecule has 31 heavy (non-hydrogen) atoms. The number of hydrogen-bond donors (Lipinski definition) is 1. The van der Waals surface area contributed by atoms with E-state index in [1.807, 2.05) is 56.3 Å². The maximum absolute atomic E-state index is 11.5. The molecule has 0 bridgehead atoms. The van der Waals surface area contributed by atoms with E-state index in [1.165, 1.54) is 0 Å². The Hall–Kier alpha value is -3.46. The number of anilines is 1. The number of primary amides is 1. The Morgan fingerprint density at radius 3 is 2.71 bits per heavy atom. The number of urea groups is 1. The van der Waals surface area contributed by atoms with Crippen LogP contribution in [0.4, 0.5) is 10.5 Å². The number of fused-ring (bicyclic) bond motifs is 1. The van der Waals surface area contributed by atoms with Crippen molar-refractivity contribution >= 4 is 22.8 Å². The van der Waals surface area contributed by atoms with E-state index < -0.39 is 6.03 Å². The number of hydrogen-bond acceptors (Lipinski definition) is 7. The highest BCUT2D eigenvalue weighted by molar-refractivity contribution is 5.83. The number of nitrogens with two attached hydrogens (primary N) is 1. The summed E-state index contributed by atoms with van der Waals surface area (Å²) in [6.45, 7) is 3.14. The predicted octanol–water partition coefficient (Wildman–Crippen LogP) is 2.30. The summed E-state index contributed by atoms with van der Waals surface area (Å²) in [5, 5.41) is 0. The summed E-state index contributed by atoms with van der Waals surface area (Å²) in [5.74, 6) is 0.379. The average Bonchev–Trinajstić information content (AvgIpc) is 2.79. The van der Waals surface area contributed by atoms with E-state index >= 15 is 0 Å². The van der Waals surface area contributed by atoms with E-state index in [0.29, 0.717) is 36.6 Å². The minimum absolute atomic E-state index is 0.321. The van der Waals surface area contributed by atoms with Gasteiger partial charge in [-0.2, -0.15) is 0 Å². The first-order valence-corrected chi connectivity index (χ1v) is 10.1. The fraction of sp³-hybridized carbons (Fsp3) is 0.364. The zero-order valence-corrected chi connectivity index (χ0v) is 17.9. The molecule has 1 unspecified atom stereocenters. The molecule has 0 radical (unpaired) electrons. The fourth-order valence-electron chi connectivity index (χ4n) is 3.52. The first-order valence-electron chi connectivity index (χ1n) is 10.1. The number of carbonyl (C=O) groups excluding carboxylic acids is 1. The Kier molecular flexibility index (Phi) is 5.85. The Bertz CT molecular complexity index is 1070. The van der Waals surface area contributed by atoms with Gasteiger partial charge in [0.15, 0.2) is 5.52 Å². The highest BCUT2D eigenvalue weighted by Gasteiger charge is 2.29. The average molecular weight is 422 g/mol. The molecule has 2 aromatic heterocycles. The van der Waals surface area contributed by atoms with Crippen LogP contribution >= 0.6 is 0 Å². The van der Waals surface area contributed by atoms with Crippen LogP contribution in [-0.2, 0) is 4.74 Å². The van der Waals surface area contributed by atoms with Crippen LogP contribution in [0.3, 0.4) is 0 Å². The number of pyridine rings is 1. The number of nitrogens with zero attached hydrogens (tertiary/aromatic N) is 5. The predicted molar refractivity (Wildman–Crippen MR) is 118 cm³/mol. The summed E-state index contributed by atoms with van der Waals surface area (Å²) in [7, 11) is 4.00. The van der Waals surface area contributed by atoms with Gasteiger partial charge in [0.2, 0.25) is 5.88 Å². The highest BCUT2D eigenvalue weighted by Crippen LogP contribution is 2.29. The molecule has 1 aliphatic rings. The van der Waals surface area contributed by atoms with Gasteiger partial charge in [-0.15, -0.1) is 0 Å². The third-order valence-electron chi connectivity index (χ3n) is 5.33. The Morgan fingerprint density at radius 2 is 2.00 bits per heavy atom. The number of morpholine rings is 1. The molecule has 0 saturated carbocycles. The molecule has 9 nitrogen and oxygen atoms in total. The van der Waals surface area contributed by atoms with Crippen molar-refractivity contribution in [3.05, 3.63) is 42.7 Å². The third kappa shape index (κ3) is 4.51. The second kappa shape index (κ2) is 8.73. The molecule has 1 aromatic carbocycles. The van der Waals surface area contributed by atoms with Crippen LogP contribution in [0, 0.1) is 0 Å². The molecule has 2 N–H and O–H groups in total. The summed E-state index contributed by atoms with van der Waals surface area (Å²) in [6.07, 6.45) is 2.56. The SMILES string of the molecule is CC(Oc1nc(-c2ccc(N(C)C)cc2)cc2nccnc12)[C@H]1CN(C(N)=O)CCO1. The number of amides is 2. The van der Waals surface area contributed by atoms with E-state index in [2.05, 4.69) is 9.97 Å². The van der Waals surface area contributed by atoms with Crippen LogP contribution in [0.25, 0.3) is 22.3 Å². The normalized spacial score (nSPS) is 17.4. The second-order valence-corrected chi connectivity index (χ2v) is 7.69. The lowest BCUT2D eigenvalue weighted by Crippen LogP contribution is -2.52. The Morgan fingerprint density at radius 1 is 1.26 bits per heavy atom. The van der Waals surface area contributed by atoms with Gasteiger partial charge in [0.05, 0.1) is 24.4 Å². The standard InChI is InChI=1S/C22H26N6O3/c1-14(19-13-28(22(23)29)10-11-30-19)31-21-20-18(24-8-9-25-20)12-17(26-21)15-4-6-16(7-5-15)27(2)3/h4-9,12,14,19H,10-11,13H2,1-3H3,(H2,23,29)/t14?,19-/m1/s1. The minimum atomic E-state index is -0.460. The van der Waals surface area contributed by atoms with Gasteiger partial charge < -0.3 is 25.0 Å². The first kappa shape index (κ1) is 20.8. The summed E-state index contributed by atoms with van der Waals surface area (Å²) in [6, 6.07) is 9.55. The maximum atomic E-state index is 11.5. The van der Waals surface area contributed by atoms with Crippen molar-refractivity contribution in [2.75, 3.05) is 38.7 Å². The molecule has 3 aromatic rings. The van der Waals surface area contributed by atoms with Crippen LogP contribution in [-0.4, -0.2) is 71.9 Å². The van der Waals surface area contributed by atoms with E-state index in [1.54, 1.807) is 17.3 Å². The van der Waals surface area contributed by atoms with E-state index in [-0.39, 0.29) is 12.2 Å². The van der Waals surface area contributed by atoms with Gasteiger partial charge >= 0.3 is 6.03 Å². The Balaban J connectivity index is 1.64. The first-order chi connectivity index (χ1) is 14.9. The summed E-state index contributed by atoms with van der Waals surface area (Å²) in [4.78, 5) is 28.7. The van der Waals surface area contributed by atoms with Gasteiger partial charge in [0, 0.05) is 44.3 Å². The van der Waals surface area contributed by atoms with E-state index in [4.69, 9.17) is 20.2 Å². The molecule has 9 heteroatoms. The molecule has 1 aliphatic heterocycles. The van der Waals surface area contributed by atoms with Gasteiger partial charge in [0.25, 0.3) is 0 Å². The Labute approximate surface area is 180 Å². The van der Waals surface area contributed by atoms with Gasteiger partial charge in [-0.05, 0) is 25.1 Å². The largest absolute Gasteiger partial charge is 0.470 e. The molecular formula is C22H26N6O3. The zero-order valence-electron chi connectivity index (χ0n) is 17.9. The minimum Gasteiger partial charge on any atom is -0.470 e. The number of ether oxygens (including phenoxy) is 2. The van der Waals surface area contributed by atoms with Crippen LogP contribution in [0.5, 0.6) is 5.88 Å². The molecule has 1 saturated heterocycles. The van der Waals surface area contributed by atoms with E-state index in [9.17, 15) is 4.79 Å². The maximum Gasteiger partial charge on any atom is 0.314 e. The van der Waals surface area contributed by atoms with Crippen molar-refractivity contribution in [2.24, 2.45) is 5.73 Å². The van der Waals surface area contributed by atoms with Crippen molar-refractivity contribution in [1.29, 1.82) is 0 Å². The van der Waals surface area contributed by atoms with Crippen molar-refractivity contribution in [3.63, 3.8) is 0 Å². The molecule has 3 heterocycles. The lowest BCUT2D eigenvalue weighted by atomic mass is 10.1. The van der Waals surface area contributed by atoms with Crippen molar-refractivity contribution in [3.8, 4) is 17.1 Å².